The highest BCUT2D eigenvalue weighted by Gasteiger charge is 2.09. The molecule has 0 unspecified atom stereocenters. The maximum Gasteiger partial charge on any atom is 0.316 e. The molecule has 1 amide bonds. The monoisotopic (exact) mass is 211 g/mol. The van der Waals surface area contributed by atoms with Crippen LogP contribution in [0.3, 0.4) is 0 Å². The van der Waals surface area contributed by atoms with E-state index in [2.05, 4.69) is 0 Å². The summed E-state index contributed by atoms with van der Waals surface area (Å²) in [6.45, 7) is 5.17. The zero-order chi connectivity index (χ0) is 10.6. The fourth-order valence-corrected chi connectivity index (χ4v) is 1.47. The Hall–Kier alpha value is -1.02. The maximum atomic E-state index is 11.0. The third kappa shape index (κ3) is 2.74. The van der Waals surface area contributed by atoms with Crippen molar-refractivity contribution in [2.75, 3.05) is 6.54 Å². The molecule has 0 aliphatic heterocycles. The van der Waals surface area contributed by atoms with E-state index in [0.29, 0.717) is 13.1 Å². The predicted octanol–water partition coefficient (Wildman–Crippen LogP) is 3.18. The lowest BCUT2D eigenvalue weighted by Gasteiger charge is -2.18. The summed E-state index contributed by atoms with van der Waals surface area (Å²) in [7, 11) is 0. The summed E-state index contributed by atoms with van der Waals surface area (Å²) in [6, 6.07) is 7.99. The highest BCUT2D eigenvalue weighted by molar-refractivity contribution is 6.62. The van der Waals surface area contributed by atoms with Crippen LogP contribution in [-0.2, 0) is 6.54 Å². The van der Waals surface area contributed by atoms with Gasteiger partial charge in [0, 0.05) is 13.1 Å². The maximum absolute atomic E-state index is 11.0. The Morgan fingerprint density at radius 2 is 2.07 bits per heavy atom. The summed E-state index contributed by atoms with van der Waals surface area (Å²) in [4.78, 5) is 12.6. The summed E-state index contributed by atoms with van der Waals surface area (Å²) < 4.78 is 0. The first-order chi connectivity index (χ1) is 6.65. The third-order valence-electron chi connectivity index (χ3n) is 2.25. The molecule has 0 bridgehead atoms. The van der Waals surface area contributed by atoms with Crippen LogP contribution in [0.25, 0.3) is 0 Å². The molecule has 2 nitrogen and oxygen atoms in total. The van der Waals surface area contributed by atoms with Gasteiger partial charge in [-0.25, -0.2) is 0 Å². The molecule has 0 atom stereocenters. The molecule has 0 saturated heterocycles. The molecule has 1 rings (SSSR count). The van der Waals surface area contributed by atoms with Crippen molar-refractivity contribution in [3.8, 4) is 0 Å². The van der Waals surface area contributed by atoms with Crippen molar-refractivity contribution in [2.24, 2.45) is 0 Å². The van der Waals surface area contributed by atoms with Gasteiger partial charge in [0.25, 0.3) is 0 Å². The molecular weight excluding hydrogens is 198 g/mol. The number of benzene rings is 1. The van der Waals surface area contributed by atoms with Crippen LogP contribution in [0.5, 0.6) is 0 Å². The van der Waals surface area contributed by atoms with Crippen LogP contribution < -0.4 is 0 Å². The number of rotatable bonds is 3. The second-order valence-corrected chi connectivity index (χ2v) is 3.52. The van der Waals surface area contributed by atoms with Crippen LogP contribution >= 0.6 is 11.6 Å². The molecule has 0 aromatic heterocycles. The van der Waals surface area contributed by atoms with Crippen molar-refractivity contribution in [1.29, 1.82) is 0 Å². The Bertz CT molecular complexity index is 325. The molecule has 3 heteroatoms. The van der Waals surface area contributed by atoms with E-state index in [9.17, 15) is 4.79 Å². The Kier molecular flexibility index (Phi) is 3.96. The van der Waals surface area contributed by atoms with Crippen LogP contribution in [0.4, 0.5) is 4.79 Å². The molecule has 0 fully saturated rings. The summed E-state index contributed by atoms with van der Waals surface area (Å²) in [5, 5.41) is -0.393. The van der Waals surface area contributed by atoms with E-state index in [1.165, 1.54) is 5.56 Å². The number of amides is 1. The highest BCUT2D eigenvalue weighted by atomic mass is 35.5. The molecule has 1 aromatic rings. The number of carbonyl (C=O) groups is 1. The topological polar surface area (TPSA) is 20.3 Å². The first-order valence-corrected chi connectivity index (χ1v) is 5.02. The lowest BCUT2D eigenvalue weighted by Crippen LogP contribution is -2.25. The smallest absolute Gasteiger partial charge is 0.316 e. The second-order valence-electron chi connectivity index (χ2n) is 3.19. The molecular formula is C11H14ClNO. The molecule has 0 saturated carbocycles. The van der Waals surface area contributed by atoms with E-state index in [0.717, 1.165) is 5.56 Å². The molecule has 0 N–H and O–H groups in total. The van der Waals surface area contributed by atoms with Crippen molar-refractivity contribution in [2.45, 2.75) is 20.4 Å². The van der Waals surface area contributed by atoms with Crippen molar-refractivity contribution >= 4 is 17.0 Å². The van der Waals surface area contributed by atoms with E-state index in [1.807, 2.05) is 38.1 Å². The van der Waals surface area contributed by atoms with Gasteiger partial charge in [0.2, 0.25) is 0 Å². The van der Waals surface area contributed by atoms with E-state index < -0.39 is 5.37 Å². The minimum atomic E-state index is -0.393. The fourth-order valence-electron chi connectivity index (χ4n) is 1.29. The van der Waals surface area contributed by atoms with Gasteiger partial charge in [0.05, 0.1) is 0 Å². The molecule has 0 aliphatic rings. The normalized spacial score (nSPS) is 9.93. The van der Waals surface area contributed by atoms with Gasteiger partial charge in [-0.05, 0) is 36.6 Å². The number of hydrogen-bond donors (Lipinski definition) is 0. The molecule has 0 spiro atoms. The van der Waals surface area contributed by atoms with Crippen LogP contribution in [0.2, 0.25) is 0 Å². The fraction of sp³-hybridized carbons (Fsp3) is 0.364. The van der Waals surface area contributed by atoms with Gasteiger partial charge in [-0.2, -0.15) is 0 Å². The standard InChI is InChI=1S/C11H14ClNO/c1-3-13(11(12)14)8-10-7-5-4-6-9(10)2/h4-7H,3,8H2,1-2H3. The zero-order valence-corrected chi connectivity index (χ0v) is 9.21. The van der Waals surface area contributed by atoms with Crippen molar-refractivity contribution in [3.05, 3.63) is 35.4 Å². The average molecular weight is 212 g/mol. The number of aryl methyl sites for hydroxylation is 1. The molecule has 14 heavy (non-hydrogen) atoms. The molecule has 0 heterocycles. The molecule has 0 radical (unpaired) electrons. The molecule has 1 aromatic carbocycles. The lowest BCUT2D eigenvalue weighted by atomic mass is 10.1. The van der Waals surface area contributed by atoms with E-state index in [4.69, 9.17) is 11.6 Å². The zero-order valence-electron chi connectivity index (χ0n) is 8.46. The summed E-state index contributed by atoms with van der Waals surface area (Å²) in [5.41, 5.74) is 2.33. The number of halogens is 1. The number of carbonyl (C=O) groups excluding carboxylic acids is 1. The van der Waals surface area contributed by atoms with Crippen molar-refractivity contribution in [1.82, 2.24) is 4.90 Å². The van der Waals surface area contributed by atoms with Crippen molar-refractivity contribution in [3.63, 3.8) is 0 Å². The summed E-state index contributed by atoms with van der Waals surface area (Å²) in [5.74, 6) is 0. The summed E-state index contributed by atoms with van der Waals surface area (Å²) in [6.07, 6.45) is 0. The van der Waals surface area contributed by atoms with Crippen LogP contribution in [0.15, 0.2) is 24.3 Å². The Morgan fingerprint density at radius 1 is 1.43 bits per heavy atom. The molecule has 76 valence electrons. The van der Waals surface area contributed by atoms with Gasteiger partial charge >= 0.3 is 5.37 Å². The Balaban J connectivity index is 2.77. The molecule has 0 aliphatic carbocycles. The van der Waals surface area contributed by atoms with Gasteiger partial charge in [0.1, 0.15) is 0 Å². The van der Waals surface area contributed by atoms with E-state index >= 15 is 0 Å². The first kappa shape index (κ1) is 11.1. The average Bonchev–Trinajstić information content (AvgIpc) is 2.16. The lowest BCUT2D eigenvalue weighted by molar-refractivity contribution is 0.222. The van der Waals surface area contributed by atoms with Crippen LogP contribution in [0, 0.1) is 6.92 Å². The van der Waals surface area contributed by atoms with Crippen LogP contribution in [0.1, 0.15) is 18.1 Å². The van der Waals surface area contributed by atoms with Gasteiger partial charge < -0.3 is 4.90 Å². The highest BCUT2D eigenvalue weighted by Crippen LogP contribution is 2.11. The van der Waals surface area contributed by atoms with Gasteiger partial charge in [-0.1, -0.05) is 24.3 Å². The quantitative estimate of drug-likeness (QED) is 0.556. The van der Waals surface area contributed by atoms with Crippen LogP contribution in [-0.4, -0.2) is 16.8 Å². The van der Waals surface area contributed by atoms with E-state index in [-0.39, 0.29) is 0 Å². The third-order valence-corrected chi connectivity index (χ3v) is 2.49. The number of nitrogens with zero attached hydrogens (tertiary/aromatic N) is 1. The van der Waals surface area contributed by atoms with Gasteiger partial charge in [0.15, 0.2) is 0 Å². The number of hydrogen-bond acceptors (Lipinski definition) is 1. The second kappa shape index (κ2) is 5.01. The largest absolute Gasteiger partial charge is 0.325 e. The SMILES string of the molecule is CCN(Cc1ccccc1C)C(=O)Cl. The van der Waals surface area contributed by atoms with E-state index in [1.54, 1.807) is 4.90 Å². The van der Waals surface area contributed by atoms with Gasteiger partial charge in [-0.3, -0.25) is 4.79 Å². The minimum Gasteiger partial charge on any atom is -0.325 e. The first-order valence-electron chi connectivity index (χ1n) is 4.64. The Labute approximate surface area is 89.5 Å². The minimum absolute atomic E-state index is 0.393. The predicted molar refractivity (Wildman–Crippen MR) is 58.5 cm³/mol. The summed E-state index contributed by atoms with van der Waals surface area (Å²) >= 11 is 5.43. The van der Waals surface area contributed by atoms with Gasteiger partial charge in [-0.15, -0.1) is 0 Å². The Morgan fingerprint density at radius 3 is 2.57 bits per heavy atom. The van der Waals surface area contributed by atoms with Crippen molar-refractivity contribution < 1.29 is 4.79 Å².